The zero-order chi connectivity index (χ0) is 12.5. The second-order valence-electron chi connectivity index (χ2n) is 3.95. The normalized spacial score (nSPS) is 12.8. The fourth-order valence-electron chi connectivity index (χ4n) is 1.85. The predicted molar refractivity (Wildman–Crippen MR) is 68.4 cm³/mol. The highest BCUT2D eigenvalue weighted by molar-refractivity contribution is 6.29. The predicted octanol–water partition coefficient (Wildman–Crippen LogP) is 2.48. The molecule has 0 saturated heterocycles. The van der Waals surface area contributed by atoms with Gasteiger partial charge < -0.3 is 0 Å². The summed E-state index contributed by atoms with van der Waals surface area (Å²) in [6.45, 7) is 2.03. The van der Waals surface area contributed by atoms with Crippen LogP contribution in [0.15, 0.2) is 36.9 Å². The summed E-state index contributed by atoms with van der Waals surface area (Å²) in [5, 5.41) is 4.68. The molecule has 0 bridgehead atoms. The number of nitrogens with zero attached hydrogens (tertiary/aromatic N) is 5. The van der Waals surface area contributed by atoms with Crippen molar-refractivity contribution in [1.82, 2.24) is 24.7 Å². The van der Waals surface area contributed by atoms with Crippen LogP contribution in [-0.4, -0.2) is 24.7 Å². The summed E-state index contributed by atoms with van der Waals surface area (Å²) in [4.78, 5) is 12.6. The highest BCUT2D eigenvalue weighted by atomic mass is 35.5. The molecule has 6 heteroatoms. The van der Waals surface area contributed by atoms with Crippen molar-refractivity contribution >= 4 is 22.8 Å². The van der Waals surface area contributed by atoms with Gasteiger partial charge in [-0.3, -0.25) is 4.98 Å². The largest absolute Gasteiger partial charge is 0.264 e. The zero-order valence-electron chi connectivity index (χ0n) is 9.66. The van der Waals surface area contributed by atoms with Crippen LogP contribution in [-0.2, 0) is 0 Å². The topological polar surface area (TPSA) is 56.5 Å². The van der Waals surface area contributed by atoms with Gasteiger partial charge in [0.05, 0.1) is 18.4 Å². The molecule has 0 spiro atoms. The maximum absolute atomic E-state index is 5.87. The van der Waals surface area contributed by atoms with Gasteiger partial charge in [0, 0.05) is 12.4 Å². The third kappa shape index (κ3) is 1.82. The molecular formula is C12H10ClN5. The molecule has 0 aliphatic heterocycles. The van der Waals surface area contributed by atoms with Gasteiger partial charge in [-0.15, -0.1) is 0 Å². The molecule has 0 aromatic carbocycles. The molecule has 3 heterocycles. The Morgan fingerprint density at radius 2 is 2.17 bits per heavy atom. The molecule has 0 radical (unpaired) electrons. The van der Waals surface area contributed by atoms with Crippen LogP contribution in [0.3, 0.4) is 0 Å². The first-order valence-corrected chi connectivity index (χ1v) is 5.89. The number of rotatable bonds is 2. The minimum Gasteiger partial charge on any atom is -0.264 e. The molecule has 3 aromatic heterocycles. The van der Waals surface area contributed by atoms with Crippen molar-refractivity contribution in [1.29, 1.82) is 0 Å². The smallest absolute Gasteiger partial charge is 0.178 e. The number of pyridine rings is 1. The average molecular weight is 260 g/mol. The van der Waals surface area contributed by atoms with E-state index in [-0.39, 0.29) is 6.04 Å². The van der Waals surface area contributed by atoms with E-state index >= 15 is 0 Å². The third-order valence-corrected chi connectivity index (χ3v) is 2.99. The van der Waals surface area contributed by atoms with Crippen LogP contribution in [0.5, 0.6) is 0 Å². The summed E-state index contributed by atoms with van der Waals surface area (Å²) in [7, 11) is 0. The number of halogens is 1. The minimum absolute atomic E-state index is 0.0315. The third-order valence-electron chi connectivity index (χ3n) is 2.81. The van der Waals surface area contributed by atoms with Gasteiger partial charge >= 0.3 is 0 Å². The molecular weight excluding hydrogens is 250 g/mol. The summed E-state index contributed by atoms with van der Waals surface area (Å²) >= 11 is 5.87. The van der Waals surface area contributed by atoms with Crippen LogP contribution in [0.25, 0.3) is 11.2 Å². The molecule has 3 rings (SSSR count). The maximum atomic E-state index is 5.87. The summed E-state index contributed by atoms with van der Waals surface area (Å²) in [6, 6.07) is 3.93. The van der Waals surface area contributed by atoms with Crippen molar-refractivity contribution in [2.24, 2.45) is 0 Å². The average Bonchev–Trinajstić information content (AvgIpc) is 2.82. The van der Waals surface area contributed by atoms with Crippen LogP contribution in [0, 0.1) is 0 Å². The summed E-state index contributed by atoms with van der Waals surface area (Å²) in [6.07, 6.45) is 6.76. The van der Waals surface area contributed by atoms with E-state index in [9.17, 15) is 0 Å². The summed E-state index contributed by atoms with van der Waals surface area (Å²) in [5.74, 6) is 0. The Labute approximate surface area is 108 Å². The Morgan fingerprint density at radius 1 is 1.28 bits per heavy atom. The van der Waals surface area contributed by atoms with E-state index in [1.807, 2.05) is 25.3 Å². The number of fused-ring (bicyclic) bond motifs is 1. The Balaban J connectivity index is 2.12. The van der Waals surface area contributed by atoms with Crippen molar-refractivity contribution < 1.29 is 0 Å². The standard InChI is InChI=1S/C12H10ClN5/c1-8(9-3-2-4-14-5-9)18-12-10(6-16-18)15-7-11(13)17-12/h2-8H,1H3/t8-/m1/s1. The van der Waals surface area contributed by atoms with Gasteiger partial charge in [0.15, 0.2) is 5.65 Å². The van der Waals surface area contributed by atoms with E-state index in [0.717, 1.165) is 11.1 Å². The molecule has 0 N–H and O–H groups in total. The monoisotopic (exact) mass is 259 g/mol. The lowest BCUT2D eigenvalue weighted by atomic mass is 10.1. The second kappa shape index (κ2) is 4.34. The van der Waals surface area contributed by atoms with Crippen LogP contribution in [0.2, 0.25) is 5.15 Å². The van der Waals surface area contributed by atoms with Gasteiger partial charge in [-0.25, -0.2) is 14.6 Å². The molecule has 0 unspecified atom stereocenters. The van der Waals surface area contributed by atoms with Gasteiger partial charge in [0.1, 0.15) is 10.7 Å². The second-order valence-corrected chi connectivity index (χ2v) is 4.34. The number of hydrogen-bond donors (Lipinski definition) is 0. The molecule has 0 fully saturated rings. The van der Waals surface area contributed by atoms with Crippen LogP contribution >= 0.6 is 11.6 Å². The Kier molecular flexibility index (Phi) is 2.68. The van der Waals surface area contributed by atoms with Gasteiger partial charge in [-0.05, 0) is 18.6 Å². The molecule has 0 amide bonds. The highest BCUT2D eigenvalue weighted by Crippen LogP contribution is 2.21. The van der Waals surface area contributed by atoms with E-state index in [4.69, 9.17) is 11.6 Å². The van der Waals surface area contributed by atoms with Gasteiger partial charge in [-0.1, -0.05) is 17.7 Å². The quantitative estimate of drug-likeness (QED) is 0.709. The molecule has 18 heavy (non-hydrogen) atoms. The van der Waals surface area contributed by atoms with Gasteiger partial charge in [0.2, 0.25) is 0 Å². The fourth-order valence-corrected chi connectivity index (χ4v) is 1.98. The molecule has 1 atom stereocenters. The van der Waals surface area contributed by atoms with Crippen molar-refractivity contribution in [3.05, 3.63) is 47.6 Å². The number of hydrogen-bond acceptors (Lipinski definition) is 4. The fraction of sp³-hybridized carbons (Fsp3) is 0.167. The first-order chi connectivity index (χ1) is 8.75. The van der Waals surface area contributed by atoms with E-state index in [0.29, 0.717) is 10.8 Å². The molecule has 0 aliphatic rings. The van der Waals surface area contributed by atoms with Crippen LogP contribution in [0.4, 0.5) is 0 Å². The van der Waals surface area contributed by atoms with Crippen molar-refractivity contribution in [3.63, 3.8) is 0 Å². The Morgan fingerprint density at radius 3 is 2.94 bits per heavy atom. The van der Waals surface area contributed by atoms with Gasteiger partial charge in [-0.2, -0.15) is 5.10 Å². The summed E-state index contributed by atoms with van der Waals surface area (Å²) in [5.41, 5.74) is 2.47. The molecule has 3 aromatic rings. The number of aromatic nitrogens is 5. The molecule has 90 valence electrons. The first kappa shape index (κ1) is 11.1. The Hall–Kier alpha value is -2.01. The lowest BCUT2D eigenvalue weighted by Gasteiger charge is -2.12. The van der Waals surface area contributed by atoms with E-state index in [1.165, 1.54) is 6.20 Å². The van der Waals surface area contributed by atoms with Gasteiger partial charge in [0.25, 0.3) is 0 Å². The highest BCUT2D eigenvalue weighted by Gasteiger charge is 2.14. The molecule has 0 aliphatic carbocycles. The van der Waals surface area contributed by atoms with Crippen LogP contribution in [0.1, 0.15) is 18.5 Å². The maximum Gasteiger partial charge on any atom is 0.178 e. The van der Waals surface area contributed by atoms with Crippen molar-refractivity contribution in [2.75, 3.05) is 0 Å². The lowest BCUT2D eigenvalue weighted by Crippen LogP contribution is -2.09. The van der Waals surface area contributed by atoms with E-state index in [2.05, 4.69) is 20.1 Å². The Bertz CT molecular complexity index is 679. The van der Waals surface area contributed by atoms with Crippen molar-refractivity contribution in [2.45, 2.75) is 13.0 Å². The van der Waals surface area contributed by atoms with Crippen molar-refractivity contribution in [3.8, 4) is 0 Å². The summed E-state index contributed by atoms with van der Waals surface area (Å²) < 4.78 is 1.80. The SMILES string of the molecule is C[C@H](c1cccnc1)n1ncc2ncc(Cl)nc21. The van der Waals surface area contributed by atoms with Crippen LogP contribution < -0.4 is 0 Å². The lowest BCUT2D eigenvalue weighted by molar-refractivity contribution is 0.577. The molecule has 5 nitrogen and oxygen atoms in total. The van der Waals surface area contributed by atoms with E-state index < -0.39 is 0 Å². The zero-order valence-corrected chi connectivity index (χ0v) is 10.4. The molecule has 0 saturated carbocycles. The minimum atomic E-state index is 0.0315. The first-order valence-electron chi connectivity index (χ1n) is 5.51. The van der Waals surface area contributed by atoms with E-state index in [1.54, 1.807) is 17.1 Å².